The monoisotopic (exact) mass is 242 g/mol. The largest absolute Gasteiger partial charge is 0.466 e. The van der Waals surface area contributed by atoms with Gasteiger partial charge in [-0.3, -0.25) is 0 Å². The predicted octanol–water partition coefficient (Wildman–Crippen LogP) is 3.83. The van der Waals surface area contributed by atoms with E-state index in [-0.39, 0.29) is 0 Å². The van der Waals surface area contributed by atoms with Crippen LogP contribution in [0.5, 0.6) is 0 Å². The Morgan fingerprint density at radius 2 is 1.72 bits per heavy atom. The molecular formula is C16H18O2. The molecule has 94 valence electrons. The van der Waals surface area contributed by atoms with Crippen LogP contribution in [0.1, 0.15) is 42.9 Å². The molecule has 1 aliphatic rings. The van der Waals surface area contributed by atoms with Gasteiger partial charge in [0.05, 0.1) is 6.26 Å². The van der Waals surface area contributed by atoms with Crippen LogP contribution < -0.4 is 0 Å². The molecule has 2 nitrogen and oxygen atoms in total. The van der Waals surface area contributed by atoms with E-state index in [1.54, 1.807) is 6.26 Å². The molecule has 1 aliphatic carbocycles. The number of furan rings is 1. The molecule has 18 heavy (non-hydrogen) atoms. The maximum atomic E-state index is 10.6. The summed E-state index contributed by atoms with van der Waals surface area (Å²) in [6.45, 7) is 0. The predicted molar refractivity (Wildman–Crippen MR) is 70.3 cm³/mol. The summed E-state index contributed by atoms with van der Waals surface area (Å²) in [6.07, 6.45) is 5.22. The Morgan fingerprint density at radius 3 is 2.33 bits per heavy atom. The van der Waals surface area contributed by atoms with Crippen LogP contribution in [0.4, 0.5) is 0 Å². The molecule has 0 spiro atoms. The number of aliphatic hydroxyl groups is 1. The second kappa shape index (κ2) is 4.62. The Labute approximate surface area is 107 Å². The molecule has 0 amide bonds. The highest BCUT2D eigenvalue weighted by molar-refractivity contribution is 5.21. The number of benzene rings is 1. The van der Waals surface area contributed by atoms with Gasteiger partial charge in [0.2, 0.25) is 0 Å². The third kappa shape index (κ3) is 2.08. The Morgan fingerprint density at radius 1 is 1.00 bits per heavy atom. The van der Waals surface area contributed by atoms with Crippen molar-refractivity contribution >= 4 is 0 Å². The lowest BCUT2D eigenvalue weighted by Crippen LogP contribution is -2.30. The highest BCUT2D eigenvalue weighted by Crippen LogP contribution is 2.43. The van der Waals surface area contributed by atoms with Crippen molar-refractivity contribution in [3.05, 3.63) is 60.1 Å². The van der Waals surface area contributed by atoms with Crippen molar-refractivity contribution in [2.45, 2.75) is 37.2 Å². The van der Waals surface area contributed by atoms with Gasteiger partial charge in [-0.05, 0) is 49.3 Å². The van der Waals surface area contributed by atoms with Crippen molar-refractivity contribution in [2.24, 2.45) is 0 Å². The highest BCUT2D eigenvalue weighted by atomic mass is 16.4. The van der Waals surface area contributed by atoms with E-state index in [4.69, 9.17) is 4.42 Å². The Hall–Kier alpha value is -1.54. The van der Waals surface area contributed by atoms with E-state index in [0.29, 0.717) is 11.7 Å². The Bertz CT molecular complexity index is 479. The summed E-state index contributed by atoms with van der Waals surface area (Å²) >= 11 is 0. The molecule has 0 saturated heterocycles. The standard InChI is InChI=1S/C16H18O2/c17-16(15-7-4-12-18-15)10-8-14(9-11-16)13-5-2-1-3-6-13/h1-7,12,14,17H,8-11H2. The lowest BCUT2D eigenvalue weighted by atomic mass is 9.75. The highest BCUT2D eigenvalue weighted by Gasteiger charge is 2.37. The fraction of sp³-hybridized carbons (Fsp3) is 0.375. The first-order valence-corrected chi connectivity index (χ1v) is 6.59. The molecular weight excluding hydrogens is 224 g/mol. The molecule has 1 fully saturated rings. The minimum atomic E-state index is -0.755. The van der Waals surface area contributed by atoms with Gasteiger partial charge < -0.3 is 9.52 Å². The van der Waals surface area contributed by atoms with Crippen molar-refractivity contribution < 1.29 is 9.52 Å². The van der Waals surface area contributed by atoms with Gasteiger partial charge in [-0.2, -0.15) is 0 Å². The minimum Gasteiger partial charge on any atom is -0.466 e. The van der Waals surface area contributed by atoms with E-state index in [2.05, 4.69) is 24.3 Å². The van der Waals surface area contributed by atoms with E-state index in [9.17, 15) is 5.11 Å². The third-order valence-corrected chi connectivity index (χ3v) is 4.06. The third-order valence-electron chi connectivity index (χ3n) is 4.06. The molecule has 3 rings (SSSR count). The van der Waals surface area contributed by atoms with Crippen molar-refractivity contribution in [1.29, 1.82) is 0 Å². The van der Waals surface area contributed by atoms with Crippen LogP contribution in [-0.2, 0) is 5.60 Å². The maximum absolute atomic E-state index is 10.6. The van der Waals surface area contributed by atoms with Crippen LogP contribution in [0, 0.1) is 0 Å². The van der Waals surface area contributed by atoms with E-state index < -0.39 is 5.60 Å². The van der Waals surface area contributed by atoms with Crippen molar-refractivity contribution in [2.75, 3.05) is 0 Å². The zero-order valence-electron chi connectivity index (χ0n) is 10.4. The molecule has 0 bridgehead atoms. The van der Waals surface area contributed by atoms with Gasteiger partial charge in [0.1, 0.15) is 11.4 Å². The molecule has 1 N–H and O–H groups in total. The van der Waals surface area contributed by atoms with Gasteiger partial charge in [-0.15, -0.1) is 0 Å². The van der Waals surface area contributed by atoms with Crippen molar-refractivity contribution in [3.8, 4) is 0 Å². The molecule has 2 heteroatoms. The fourth-order valence-corrected chi connectivity index (χ4v) is 2.94. The van der Waals surface area contributed by atoms with Crippen LogP contribution in [0.2, 0.25) is 0 Å². The van der Waals surface area contributed by atoms with E-state index >= 15 is 0 Å². The molecule has 1 aromatic carbocycles. The summed E-state index contributed by atoms with van der Waals surface area (Å²) in [6, 6.07) is 14.3. The molecule has 0 radical (unpaired) electrons. The normalized spacial score (nSPS) is 28.2. The average molecular weight is 242 g/mol. The van der Waals surface area contributed by atoms with Gasteiger partial charge in [0.25, 0.3) is 0 Å². The van der Waals surface area contributed by atoms with E-state index in [1.807, 2.05) is 18.2 Å². The first-order valence-electron chi connectivity index (χ1n) is 6.59. The van der Waals surface area contributed by atoms with Crippen LogP contribution in [0.25, 0.3) is 0 Å². The summed E-state index contributed by atoms with van der Waals surface area (Å²) in [5.41, 5.74) is 0.633. The number of rotatable bonds is 2. The minimum absolute atomic E-state index is 0.571. The first kappa shape index (κ1) is 11.5. The maximum Gasteiger partial charge on any atom is 0.135 e. The molecule has 1 heterocycles. The quantitative estimate of drug-likeness (QED) is 0.868. The smallest absolute Gasteiger partial charge is 0.135 e. The lowest BCUT2D eigenvalue weighted by Gasteiger charge is -2.34. The van der Waals surface area contributed by atoms with Crippen LogP contribution in [0.15, 0.2) is 53.1 Å². The molecule has 2 aromatic rings. The first-order chi connectivity index (χ1) is 8.78. The van der Waals surface area contributed by atoms with Crippen LogP contribution in [0.3, 0.4) is 0 Å². The van der Waals surface area contributed by atoms with Gasteiger partial charge >= 0.3 is 0 Å². The van der Waals surface area contributed by atoms with E-state index in [0.717, 1.165) is 25.7 Å². The summed E-state index contributed by atoms with van der Waals surface area (Å²) in [7, 11) is 0. The Kier molecular flexibility index (Phi) is 2.96. The van der Waals surface area contributed by atoms with E-state index in [1.165, 1.54) is 5.56 Å². The lowest BCUT2D eigenvalue weighted by molar-refractivity contribution is -0.0243. The molecule has 1 aromatic heterocycles. The molecule has 0 unspecified atom stereocenters. The van der Waals surface area contributed by atoms with Crippen molar-refractivity contribution in [3.63, 3.8) is 0 Å². The average Bonchev–Trinajstić information content (AvgIpc) is 2.95. The fourth-order valence-electron chi connectivity index (χ4n) is 2.94. The summed E-state index contributed by atoms with van der Waals surface area (Å²) < 4.78 is 5.37. The summed E-state index contributed by atoms with van der Waals surface area (Å²) in [4.78, 5) is 0. The van der Waals surface area contributed by atoms with Crippen molar-refractivity contribution in [1.82, 2.24) is 0 Å². The topological polar surface area (TPSA) is 33.4 Å². The van der Waals surface area contributed by atoms with Gasteiger partial charge in [-0.25, -0.2) is 0 Å². The zero-order chi connectivity index (χ0) is 12.4. The zero-order valence-corrected chi connectivity index (χ0v) is 10.4. The molecule has 0 aliphatic heterocycles. The number of hydrogen-bond acceptors (Lipinski definition) is 2. The van der Waals surface area contributed by atoms with Crippen LogP contribution >= 0.6 is 0 Å². The summed E-state index contributed by atoms with van der Waals surface area (Å²) in [5.74, 6) is 1.29. The van der Waals surface area contributed by atoms with Crippen LogP contribution in [-0.4, -0.2) is 5.11 Å². The second-order valence-corrected chi connectivity index (χ2v) is 5.19. The molecule has 0 atom stereocenters. The van der Waals surface area contributed by atoms with Gasteiger partial charge in [0, 0.05) is 0 Å². The van der Waals surface area contributed by atoms with Gasteiger partial charge in [0.15, 0.2) is 0 Å². The number of hydrogen-bond donors (Lipinski definition) is 1. The second-order valence-electron chi connectivity index (χ2n) is 5.19. The molecule has 1 saturated carbocycles. The summed E-state index contributed by atoms with van der Waals surface area (Å²) in [5, 5.41) is 10.6. The SMILES string of the molecule is OC1(c2ccco2)CCC(c2ccccc2)CC1. The van der Waals surface area contributed by atoms with Gasteiger partial charge in [-0.1, -0.05) is 30.3 Å². The Balaban J connectivity index is 1.72.